The number of benzene rings is 1. The van der Waals surface area contributed by atoms with Gasteiger partial charge in [-0.2, -0.15) is 0 Å². The second-order valence-corrected chi connectivity index (χ2v) is 3.31. The first-order chi connectivity index (χ1) is 6.69. The molecule has 1 aromatic rings. The van der Waals surface area contributed by atoms with Crippen LogP contribution in [0.25, 0.3) is 0 Å². The number of ether oxygens (including phenoxy) is 1. The Balaban J connectivity index is 3.03. The molecule has 0 spiro atoms. The van der Waals surface area contributed by atoms with Crippen molar-refractivity contribution in [1.82, 2.24) is 0 Å². The highest BCUT2D eigenvalue weighted by Crippen LogP contribution is 2.17. The fourth-order valence-corrected chi connectivity index (χ4v) is 1.43. The van der Waals surface area contributed by atoms with Crippen LogP contribution in [0.3, 0.4) is 0 Å². The molecule has 0 saturated carbocycles. The zero-order valence-corrected chi connectivity index (χ0v) is 9.10. The van der Waals surface area contributed by atoms with Crippen LogP contribution >= 0.6 is 11.6 Å². The first-order valence-corrected chi connectivity index (χ1v) is 5.02. The molecular weight excluding hydrogens is 200 g/mol. The molecule has 2 nitrogen and oxygen atoms in total. The number of carbonyl (C=O) groups is 1. The summed E-state index contributed by atoms with van der Waals surface area (Å²) in [7, 11) is 0. The zero-order chi connectivity index (χ0) is 10.6. The second-order valence-electron chi connectivity index (χ2n) is 2.88. The highest BCUT2D eigenvalue weighted by atomic mass is 35.5. The van der Waals surface area contributed by atoms with Gasteiger partial charge in [0.1, 0.15) is 0 Å². The van der Waals surface area contributed by atoms with Crippen LogP contribution in [-0.4, -0.2) is 12.6 Å². The Morgan fingerprint density at radius 3 is 2.71 bits per heavy atom. The molecule has 0 aliphatic carbocycles. The molecule has 3 heteroatoms. The van der Waals surface area contributed by atoms with Crippen molar-refractivity contribution in [3.05, 3.63) is 34.3 Å². The Morgan fingerprint density at radius 1 is 1.43 bits per heavy atom. The number of hydrogen-bond acceptors (Lipinski definition) is 2. The third kappa shape index (κ3) is 2.48. The molecule has 0 atom stereocenters. The van der Waals surface area contributed by atoms with Crippen molar-refractivity contribution >= 4 is 17.6 Å². The molecule has 0 saturated heterocycles. The molecule has 0 N–H and O–H groups in total. The molecule has 0 aliphatic rings. The second kappa shape index (κ2) is 5.01. The van der Waals surface area contributed by atoms with Gasteiger partial charge < -0.3 is 4.74 Å². The average Bonchev–Trinajstić information content (AvgIpc) is 2.18. The minimum Gasteiger partial charge on any atom is -0.462 e. The van der Waals surface area contributed by atoms with E-state index in [-0.39, 0.29) is 5.97 Å². The Bertz CT molecular complexity index is 334. The maximum Gasteiger partial charge on any atom is 0.338 e. The molecule has 0 amide bonds. The highest BCUT2D eigenvalue weighted by molar-refractivity contribution is 6.31. The van der Waals surface area contributed by atoms with Gasteiger partial charge in [0.05, 0.1) is 12.2 Å². The molecule has 14 heavy (non-hydrogen) atoms. The minimum absolute atomic E-state index is 0.299. The summed E-state index contributed by atoms with van der Waals surface area (Å²) < 4.78 is 4.93. The van der Waals surface area contributed by atoms with Gasteiger partial charge in [-0.15, -0.1) is 0 Å². The quantitative estimate of drug-likeness (QED) is 0.720. The molecule has 76 valence electrons. The molecule has 1 rings (SSSR count). The van der Waals surface area contributed by atoms with E-state index in [4.69, 9.17) is 16.3 Å². The van der Waals surface area contributed by atoms with Crippen LogP contribution in [-0.2, 0) is 11.2 Å². The van der Waals surface area contributed by atoms with Gasteiger partial charge in [-0.05, 0) is 31.0 Å². The summed E-state index contributed by atoms with van der Waals surface area (Å²) in [6.45, 7) is 4.16. The summed E-state index contributed by atoms with van der Waals surface area (Å²) in [4.78, 5) is 11.5. The van der Waals surface area contributed by atoms with Crippen molar-refractivity contribution in [3.63, 3.8) is 0 Å². The van der Waals surface area contributed by atoms with E-state index in [1.165, 1.54) is 0 Å². The third-order valence-corrected chi connectivity index (χ3v) is 2.18. The molecule has 0 heterocycles. The van der Waals surface area contributed by atoms with Crippen LogP contribution in [0.2, 0.25) is 5.02 Å². The molecule has 0 bridgehead atoms. The van der Waals surface area contributed by atoms with Crippen LogP contribution < -0.4 is 0 Å². The maximum atomic E-state index is 11.5. The van der Waals surface area contributed by atoms with Gasteiger partial charge in [0.15, 0.2) is 0 Å². The van der Waals surface area contributed by atoms with E-state index in [1.54, 1.807) is 19.1 Å². The lowest BCUT2D eigenvalue weighted by molar-refractivity contribution is 0.0525. The minimum atomic E-state index is -0.299. The summed E-state index contributed by atoms with van der Waals surface area (Å²) in [5.74, 6) is -0.299. The van der Waals surface area contributed by atoms with Crippen LogP contribution in [0.15, 0.2) is 18.2 Å². The van der Waals surface area contributed by atoms with Gasteiger partial charge in [-0.3, -0.25) is 0 Å². The van der Waals surface area contributed by atoms with E-state index in [0.717, 1.165) is 12.0 Å². The van der Waals surface area contributed by atoms with E-state index in [2.05, 4.69) is 0 Å². The van der Waals surface area contributed by atoms with Crippen molar-refractivity contribution in [2.24, 2.45) is 0 Å². The van der Waals surface area contributed by atoms with Gasteiger partial charge in [0.25, 0.3) is 0 Å². The molecule has 0 aromatic heterocycles. The van der Waals surface area contributed by atoms with Crippen molar-refractivity contribution in [1.29, 1.82) is 0 Å². The summed E-state index contributed by atoms with van der Waals surface area (Å²) in [6.07, 6.45) is 0.797. The summed E-state index contributed by atoms with van der Waals surface area (Å²) in [5.41, 5.74) is 1.54. The number of aryl methyl sites for hydroxylation is 1. The summed E-state index contributed by atoms with van der Waals surface area (Å²) in [5, 5.41) is 0.560. The van der Waals surface area contributed by atoms with Gasteiger partial charge in [0.2, 0.25) is 0 Å². The third-order valence-electron chi connectivity index (χ3n) is 1.95. The predicted molar refractivity (Wildman–Crippen MR) is 56.8 cm³/mol. The Kier molecular flexibility index (Phi) is 3.96. The first-order valence-electron chi connectivity index (χ1n) is 4.64. The Morgan fingerprint density at radius 2 is 2.14 bits per heavy atom. The maximum absolute atomic E-state index is 11.5. The number of halogens is 1. The van der Waals surface area contributed by atoms with Crippen LogP contribution in [0.4, 0.5) is 0 Å². The lowest BCUT2D eigenvalue weighted by atomic mass is 10.1. The van der Waals surface area contributed by atoms with E-state index in [9.17, 15) is 4.79 Å². The molecule has 0 aliphatic heterocycles. The van der Waals surface area contributed by atoms with Crippen molar-refractivity contribution in [3.8, 4) is 0 Å². The molecule has 0 radical (unpaired) electrons. The normalized spacial score (nSPS) is 9.93. The Labute approximate surface area is 88.8 Å². The predicted octanol–water partition coefficient (Wildman–Crippen LogP) is 3.08. The molecule has 0 fully saturated rings. The van der Waals surface area contributed by atoms with Crippen LogP contribution in [0, 0.1) is 0 Å². The van der Waals surface area contributed by atoms with E-state index in [0.29, 0.717) is 17.2 Å². The van der Waals surface area contributed by atoms with Crippen LogP contribution in [0.5, 0.6) is 0 Å². The van der Waals surface area contributed by atoms with Crippen molar-refractivity contribution in [2.75, 3.05) is 6.61 Å². The highest BCUT2D eigenvalue weighted by Gasteiger charge is 2.11. The van der Waals surface area contributed by atoms with Crippen LogP contribution in [0.1, 0.15) is 29.8 Å². The lowest BCUT2D eigenvalue weighted by Gasteiger charge is -2.07. The van der Waals surface area contributed by atoms with E-state index >= 15 is 0 Å². The van der Waals surface area contributed by atoms with Gasteiger partial charge in [-0.25, -0.2) is 4.79 Å². The summed E-state index contributed by atoms with van der Waals surface area (Å²) >= 11 is 5.81. The number of carbonyl (C=O) groups excluding carboxylic acids is 1. The number of rotatable bonds is 3. The number of hydrogen-bond donors (Lipinski definition) is 0. The van der Waals surface area contributed by atoms with Gasteiger partial charge in [0, 0.05) is 5.02 Å². The number of esters is 1. The lowest BCUT2D eigenvalue weighted by Crippen LogP contribution is -2.07. The topological polar surface area (TPSA) is 26.3 Å². The first kappa shape index (κ1) is 11.1. The van der Waals surface area contributed by atoms with E-state index in [1.807, 2.05) is 13.0 Å². The van der Waals surface area contributed by atoms with Gasteiger partial charge >= 0.3 is 5.97 Å². The standard InChI is InChI=1S/C11H13ClO2/c1-3-8-5-6-9(12)7-10(8)11(13)14-4-2/h5-7H,3-4H2,1-2H3. The smallest absolute Gasteiger partial charge is 0.338 e. The summed E-state index contributed by atoms with van der Waals surface area (Å²) in [6, 6.07) is 5.29. The molecule has 0 unspecified atom stereocenters. The monoisotopic (exact) mass is 212 g/mol. The van der Waals surface area contributed by atoms with E-state index < -0.39 is 0 Å². The Hall–Kier alpha value is -1.02. The van der Waals surface area contributed by atoms with Crippen molar-refractivity contribution < 1.29 is 9.53 Å². The van der Waals surface area contributed by atoms with Crippen molar-refractivity contribution in [2.45, 2.75) is 20.3 Å². The molecule has 1 aromatic carbocycles. The largest absolute Gasteiger partial charge is 0.462 e. The SMILES string of the molecule is CCOC(=O)c1cc(Cl)ccc1CC. The molecular formula is C11H13ClO2. The fraction of sp³-hybridized carbons (Fsp3) is 0.364. The zero-order valence-electron chi connectivity index (χ0n) is 8.34. The average molecular weight is 213 g/mol. The van der Waals surface area contributed by atoms with Gasteiger partial charge in [-0.1, -0.05) is 24.6 Å². The fourth-order valence-electron chi connectivity index (χ4n) is 1.26.